The molecule has 0 bridgehead atoms. The van der Waals surface area contributed by atoms with E-state index in [0.29, 0.717) is 6.42 Å². The van der Waals surface area contributed by atoms with Gasteiger partial charge in [0, 0.05) is 6.61 Å². The second-order valence-electron chi connectivity index (χ2n) is 4.60. The Morgan fingerprint density at radius 2 is 1.84 bits per heavy atom. The number of benzene rings is 1. The molecular formula is C14H18ClF3O. The van der Waals surface area contributed by atoms with Gasteiger partial charge in [0.05, 0.1) is 5.38 Å². The summed E-state index contributed by atoms with van der Waals surface area (Å²) in [5.41, 5.74) is 1.04. The molecule has 0 amide bonds. The first kappa shape index (κ1) is 16.3. The maximum atomic E-state index is 11.8. The molecule has 0 aliphatic rings. The highest BCUT2D eigenvalue weighted by atomic mass is 35.5. The van der Waals surface area contributed by atoms with E-state index in [9.17, 15) is 13.2 Å². The summed E-state index contributed by atoms with van der Waals surface area (Å²) in [7, 11) is 0. The van der Waals surface area contributed by atoms with Crippen molar-refractivity contribution in [1.29, 1.82) is 0 Å². The number of ether oxygens (including phenoxy) is 1. The van der Waals surface area contributed by atoms with E-state index in [2.05, 4.69) is 4.74 Å². The molecular weight excluding hydrogens is 277 g/mol. The second-order valence-corrected chi connectivity index (χ2v) is 5.07. The van der Waals surface area contributed by atoms with Gasteiger partial charge < -0.3 is 4.74 Å². The zero-order chi connectivity index (χ0) is 14.3. The molecule has 0 spiro atoms. The summed E-state index contributed by atoms with van der Waals surface area (Å²) in [6.07, 6.45) is -2.93. The third-order valence-electron chi connectivity index (χ3n) is 2.83. The number of rotatable bonds is 7. The molecule has 0 aliphatic heterocycles. The lowest BCUT2D eigenvalue weighted by Crippen LogP contribution is -2.17. The Labute approximate surface area is 116 Å². The van der Waals surface area contributed by atoms with E-state index in [-0.39, 0.29) is 17.9 Å². The van der Waals surface area contributed by atoms with Crippen LogP contribution >= 0.6 is 11.6 Å². The fourth-order valence-corrected chi connectivity index (χ4v) is 2.08. The molecule has 2 unspecified atom stereocenters. The molecule has 1 aromatic rings. The van der Waals surface area contributed by atoms with E-state index in [1.807, 2.05) is 37.3 Å². The van der Waals surface area contributed by atoms with Crippen molar-refractivity contribution in [2.75, 3.05) is 13.2 Å². The van der Waals surface area contributed by atoms with Crippen LogP contribution in [0.25, 0.3) is 0 Å². The monoisotopic (exact) mass is 294 g/mol. The van der Waals surface area contributed by atoms with Crippen LogP contribution in [0.3, 0.4) is 0 Å². The van der Waals surface area contributed by atoms with E-state index in [1.54, 1.807) is 0 Å². The first-order chi connectivity index (χ1) is 8.90. The highest BCUT2D eigenvalue weighted by molar-refractivity contribution is 6.20. The highest BCUT2D eigenvalue weighted by Gasteiger charge is 2.27. The minimum absolute atomic E-state index is 0.113. The van der Waals surface area contributed by atoms with Gasteiger partial charge in [0.15, 0.2) is 0 Å². The van der Waals surface area contributed by atoms with Crippen LogP contribution in [-0.2, 0) is 4.74 Å². The molecule has 0 fully saturated rings. The molecule has 108 valence electrons. The van der Waals surface area contributed by atoms with Crippen molar-refractivity contribution in [2.45, 2.75) is 31.3 Å². The van der Waals surface area contributed by atoms with E-state index >= 15 is 0 Å². The standard InChI is InChI=1S/C14H18ClF3O/c1-11(6-5-9-19-10-14(16,17)18)13(15)12-7-3-2-4-8-12/h2-4,7-8,11,13H,5-6,9-10H2,1H3. The summed E-state index contributed by atoms with van der Waals surface area (Å²) >= 11 is 6.32. The fourth-order valence-electron chi connectivity index (χ4n) is 1.81. The predicted octanol–water partition coefficient (Wildman–Crippen LogP) is 4.96. The SMILES string of the molecule is CC(CCCOCC(F)(F)F)C(Cl)c1ccccc1. The van der Waals surface area contributed by atoms with Gasteiger partial charge in [0.2, 0.25) is 0 Å². The lowest BCUT2D eigenvalue weighted by atomic mass is 9.96. The zero-order valence-corrected chi connectivity index (χ0v) is 11.5. The first-order valence-electron chi connectivity index (χ1n) is 6.23. The zero-order valence-electron chi connectivity index (χ0n) is 10.8. The molecule has 0 heterocycles. The van der Waals surface area contributed by atoms with Crippen molar-refractivity contribution < 1.29 is 17.9 Å². The molecule has 1 rings (SSSR count). The number of halogens is 4. The Morgan fingerprint density at radius 1 is 1.21 bits per heavy atom. The lowest BCUT2D eigenvalue weighted by molar-refractivity contribution is -0.174. The summed E-state index contributed by atoms with van der Waals surface area (Å²) in [6.45, 7) is 0.932. The van der Waals surface area contributed by atoms with Gasteiger partial charge in [0.1, 0.15) is 6.61 Å². The van der Waals surface area contributed by atoms with Crippen molar-refractivity contribution in [1.82, 2.24) is 0 Å². The van der Waals surface area contributed by atoms with Crippen molar-refractivity contribution >= 4 is 11.6 Å². The van der Waals surface area contributed by atoms with Crippen LogP contribution in [0, 0.1) is 5.92 Å². The summed E-state index contributed by atoms with van der Waals surface area (Å²) in [6, 6.07) is 9.67. The molecule has 0 aliphatic carbocycles. The summed E-state index contributed by atoms with van der Waals surface area (Å²) < 4.78 is 40.1. The summed E-state index contributed by atoms with van der Waals surface area (Å²) in [5, 5.41) is -0.121. The largest absolute Gasteiger partial charge is 0.411 e. The van der Waals surface area contributed by atoms with Gasteiger partial charge in [-0.2, -0.15) is 13.2 Å². The Kier molecular flexibility index (Phi) is 6.66. The van der Waals surface area contributed by atoms with Gasteiger partial charge in [-0.25, -0.2) is 0 Å². The molecule has 0 saturated heterocycles. The third-order valence-corrected chi connectivity index (χ3v) is 3.51. The van der Waals surface area contributed by atoms with Gasteiger partial charge in [-0.1, -0.05) is 37.3 Å². The van der Waals surface area contributed by atoms with Gasteiger partial charge in [0.25, 0.3) is 0 Å². The quantitative estimate of drug-likeness (QED) is 0.510. The fraction of sp³-hybridized carbons (Fsp3) is 0.571. The van der Waals surface area contributed by atoms with Crippen molar-refractivity contribution in [2.24, 2.45) is 5.92 Å². The van der Waals surface area contributed by atoms with Crippen LogP contribution in [0.2, 0.25) is 0 Å². The third kappa shape index (κ3) is 6.83. The number of hydrogen-bond donors (Lipinski definition) is 0. The molecule has 0 saturated carbocycles. The van der Waals surface area contributed by atoms with E-state index in [0.717, 1.165) is 12.0 Å². The molecule has 0 aromatic heterocycles. The van der Waals surface area contributed by atoms with Crippen LogP contribution in [0.4, 0.5) is 13.2 Å². The molecule has 1 nitrogen and oxygen atoms in total. The lowest BCUT2D eigenvalue weighted by Gasteiger charge is -2.18. The van der Waals surface area contributed by atoms with Crippen LogP contribution in [0.5, 0.6) is 0 Å². The maximum Gasteiger partial charge on any atom is 0.411 e. The average Bonchev–Trinajstić information content (AvgIpc) is 2.37. The van der Waals surface area contributed by atoms with E-state index in [4.69, 9.17) is 11.6 Å². The van der Waals surface area contributed by atoms with Crippen LogP contribution in [0.15, 0.2) is 30.3 Å². The van der Waals surface area contributed by atoms with Gasteiger partial charge in [-0.15, -0.1) is 11.6 Å². The molecule has 5 heteroatoms. The Morgan fingerprint density at radius 3 is 2.42 bits per heavy atom. The molecule has 19 heavy (non-hydrogen) atoms. The topological polar surface area (TPSA) is 9.23 Å². The van der Waals surface area contributed by atoms with Crippen LogP contribution in [0.1, 0.15) is 30.7 Å². The van der Waals surface area contributed by atoms with Crippen molar-refractivity contribution in [3.63, 3.8) is 0 Å². The van der Waals surface area contributed by atoms with Crippen molar-refractivity contribution in [3.05, 3.63) is 35.9 Å². The van der Waals surface area contributed by atoms with Gasteiger partial charge in [-0.3, -0.25) is 0 Å². The second kappa shape index (κ2) is 7.75. The molecule has 0 radical (unpaired) electrons. The summed E-state index contributed by atoms with van der Waals surface area (Å²) in [5.74, 6) is 0.193. The molecule has 0 N–H and O–H groups in total. The van der Waals surface area contributed by atoms with Gasteiger partial charge in [-0.05, 0) is 24.3 Å². The van der Waals surface area contributed by atoms with E-state index < -0.39 is 12.8 Å². The van der Waals surface area contributed by atoms with Crippen molar-refractivity contribution in [3.8, 4) is 0 Å². The van der Waals surface area contributed by atoms with Crippen LogP contribution in [-0.4, -0.2) is 19.4 Å². The number of alkyl halides is 4. The smallest absolute Gasteiger partial charge is 0.372 e. The molecule has 1 aromatic carbocycles. The average molecular weight is 295 g/mol. The normalized spacial score (nSPS) is 15.2. The first-order valence-corrected chi connectivity index (χ1v) is 6.67. The van der Waals surface area contributed by atoms with Gasteiger partial charge >= 0.3 is 6.18 Å². The minimum atomic E-state index is -4.25. The predicted molar refractivity (Wildman–Crippen MR) is 70.3 cm³/mol. The summed E-state index contributed by atoms with van der Waals surface area (Å²) in [4.78, 5) is 0. The Hall–Kier alpha value is -0.740. The Balaban J connectivity index is 2.23. The number of hydrogen-bond acceptors (Lipinski definition) is 1. The van der Waals surface area contributed by atoms with Crippen LogP contribution < -0.4 is 0 Å². The molecule has 2 atom stereocenters. The van der Waals surface area contributed by atoms with E-state index in [1.165, 1.54) is 0 Å². The maximum absolute atomic E-state index is 11.8. The minimum Gasteiger partial charge on any atom is -0.372 e. The highest BCUT2D eigenvalue weighted by Crippen LogP contribution is 2.31. The Bertz CT molecular complexity index is 353.